The van der Waals surface area contributed by atoms with E-state index in [4.69, 9.17) is 0 Å². The molecule has 0 fully saturated rings. The van der Waals surface area contributed by atoms with Crippen LogP contribution in [-0.4, -0.2) is 0 Å². The third-order valence-electron chi connectivity index (χ3n) is 4.44. The third-order valence-corrected chi connectivity index (χ3v) is 4.44. The molecule has 0 aliphatic carbocycles. The molecule has 0 saturated heterocycles. The third kappa shape index (κ3) is 4.48. The minimum absolute atomic E-state index is 0. The molecule has 0 aliphatic rings. The average Bonchev–Trinajstić information content (AvgIpc) is 2.73. The van der Waals surface area contributed by atoms with Crippen molar-refractivity contribution in [3.05, 3.63) is 53.6 Å². The fourth-order valence-electron chi connectivity index (χ4n) is 2.96. The maximum Gasteiger partial charge on any atom is 3.00 e. The van der Waals surface area contributed by atoms with Gasteiger partial charge in [-0.15, -0.1) is 39.7 Å². The predicted molar refractivity (Wildman–Crippen MR) is 94.4 cm³/mol. The zero-order valence-electron chi connectivity index (χ0n) is 15.3. The van der Waals surface area contributed by atoms with Crippen molar-refractivity contribution in [2.24, 2.45) is 0 Å². The van der Waals surface area contributed by atoms with Gasteiger partial charge in [0, 0.05) is 0 Å². The minimum Gasteiger partial charge on any atom is -1.00 e. The van der Waals surface area contributed by atoms with E-state index in [-0.39, 0.29) is 61.8 Å². The van der Waals surface area contributed by atoms with Gasteiger partial charge in [0.05, 0.1) is 0 Å². The number of hydrogen-bond donors (Lipinski definition) is 0. The molecule has 0 atom stereocenters. The van der Waals surface area contributed by atoms with E-state index in [0.29, 0.717) is 0 Å². The van der Waals surface area contributed by atoms with Crippen molar-refractivity contribution in [1.82, 2.24) is 0 Å². The monoisotopic (exact) mass is 437 g/mol. The first-order valence-electron chi connectivity index (χ1n) is 7.80. The van der Waals surface area contributed by atoms with E-state index in [1.54, 1.807) is 0 Å². The second kappa shape index (κ2) is 7.98. The second-order valence-corrected chi connectivity index (χ2v) is 8.25. The summed E-state index contributed by atoms with van der Waals surface area (Å²) < 4.78 is 0. The van der Waals surface area contributed by atoms with Crippen LogP contribution in [0.15, 0.2) is 42.5 Å². The Morgan fingerprint density at radius 2 is 0.958 bits per heavy atom. The number of fused-ring (bicyclic) bond motifs is 3. The van der Waals surface area contributed by atoms with Crippen LogP contribution in [0.1, 0.15) is 52.7 Å². The Kier molecular flexibility index (Phi) is 7.91. The van der Waals surface area contributed by atoms with Gasteiger partial charge < -0.3 is 24.8 Å². The molecule has 0 unspecified atom stereocenters. The van der Waals surface area contributed by atoms with Gasteiger partial charge in [0.2, 0.25) is 0 Å². The van der Waals surface area contributed by atoms with Crippen molar-refractivity contribution in [3.8, 4) is 0 Å². The maximum atomic E-state index is 2.35. The van der Waals surface area contributed by atoms with Gasteiger partial charge >= 0.3 is 26.2 Å². The average molecular weight is 440 g/mol. The summed E-state index contributed by atoms with van der Waals surface area (Å²) in [7, 11) is 0. The Morgan fingerprint density at radius 1 is 0.625 bits per heavy atom. The number of hydrogen-bond acceptors (Lipinski definition) is 0. The molecule has 0 heterocycles. The molecule has 0 N–H and O–H groups in total. The summed E-state index contributed by atoms with van der Waals surface area (Å²) >= 11 is 0. The summed E-state index contributed by atoms with van der Waals surface area (Å²) in [5.41, 5.74) is 3.21. The quantitative estimate of drug-likeness (QED) is 0.443. The first kappa shape index (κ1) is 23.8. The molecule has 0 spiro atoms. The van der Waals surface area contributed by atoms with Crippen LogP contribution in [0.25, 0.3) is 21.5 Å². The molecule has 1 radical (unpaired) electrons. The molecular formula is C21H25Cl2Zr. The molecule has 3 aromatic rings. The fraction of sp³-hybridized carbons (Fsp3) is 0.381. The first-order valence-corrected chi connectivity index (χ1v) is 7.80. The van der Waals surface area contributed by atoms with Gasteiger partial charge in [0.25, 0.3) is 0 Å². The molecule has 127 valence electrons. The van der Waals surface area contributed by atoms with E-state index >= 15 is 0 Å². The second-order valence-electron chi connectivity index (χ2n) is 8.25. The summed E-state index contributed by atoms with van der Waals surface area (Å²) in [6, 6.07) is 16.2. The molecule has 0 saturated carbocycles. The Labute approximate surface area is 177 Å². The number of benzene rings is 2. The summed E-state index contributed by atoms with van der Waals surface area (Å²) in [5.74, 6) is 0. The zero-order chi connectivity index (χ0) is 15.4. The first-order chi connectivity index (χ1) is 9.66. The van der Waals surface area contributed by atoms with Crippen molar-refractivity contribution in [2.75, 3.05) is 0 Å². The van der Waals surface area contributed by atoms with E-state index < -0.39 is 0 Å². The van der Waals surface area contributed by atoms with Crippen LogP contribution in [0, 0.1) is 0 Å². The van der Waals surface area contributed by atoms with E-state index in [1.165, 1.54) is 32.7 Å². The van der Waals surface area contributed by atoms with Crippen molar-refractivity contribution in [2.45, 2.75) is 52.4 Å². The van der Waals surface area contributed by atoms with Crippen LogP contribution < -0.4 is 24.8 Å². The normalized spacial score (nSPS) is 11.6. The summed E-state index contributed by atoms with van der Waals surface area (Å²) in [4.78, 5) is 0. The Balaban J connectivity index is 0.00000176. The summed E-state index contributed by atoms with van der Waals surface area (Å²) in [5, 5.41) is 5.48. The van der Waals surface area contributed by atoms with Crippen molar-refractivity contribution in [1.29, 1.82) is 0 Å². The van der Waals surface area contributed by atoms with Crippen molar-refractivity contribution in [3.63, 3.8) is 0 Å². The Hall–Kier alpha value is -0.227. The summed E-state index contributed by atoms with van der Waals surface area (Å²) in [6.07, 6.45) is 0. The smallest absolute Gasteiger partial charge is 1.00 e. The van der Waals surface area contributed by atoms with Crippen molar-refractivity contribution >= 4 is 21.5 Å². The maximum absolute atomic E-state index is 2.35. The molecule has 3 heteroatoms. The molecule has 0 amide bonds. The van der Waals surface area contributed by atoms with Crippen LogP contribution >= 0.6 is 0 Å². The van der Waals surface area contributed by atoms with Crippen LogP contribution in [0.5, 0.6) is 0 Å². The topological polar surface area (TPSA) is 0 Å². The van der Waals surface area contributed by atoms with E-state index in [2.05, 4.69) is 84.0 Å². The molecule has 0 aromatic heterocycles. The fourth-order valence-corrected chi connectivity index (χ4v) is 2.96. The van der Waals surface area contributed by atoms with Crippen LogP contribution in [0.4, 0.5) is 0 Å². The molecule has 0 aliphatic heterocycles. The Morgan fingerprint density at radius 3 is 1.25 bits per heavy atom. The van der Waals surface area contributed by atoms with Gasteiger partial charge in [0.1, 0.15) is 0 Å². The summed E-state index contributed by atoms with van der Waals surface area (Å²) in [6.45, 7) is 13.6. The van der Waals surface area contributed by atoms with Crippen molar-refractivity contribution < 1.29 is 51.0 Å². The van der Waals surface area contributed by atoms with E-state index in [9.17, 15) is 0 Å². The predicted octanol–water partition coefficient (Wildman–Crippen LogP) is 0.312. The zero-order valence-corrected chi connectivity index (χ0v) is 19.3. The molecule has 3 rings (SSSR count). The van der Waals surface area contributed by atoms with Gasteiger partial charge in [-0.3, -0.25) is 0 Å². The minimum atomic E-state index is 0. The van der Waals surface area contributed by atoms with E-state index in [0.717, 1.165) is 0 Å². The standard InChI is InChI=1S/C21H25.2ClH.Zr/c1-20(2,3)16-7-9-18-14(12-16)11-15-13-17(21(4,5)6)8-10-19(15)18;;;/h7-13H,1-6H3;2*1H;/q-1;;;+3/p-2. The van der Waals surface area contributed by atoms with E-state index in [1.807, 2.05) is 0 Å². The molecular weight excluding hydrogens is 414 g/mol. The van der Waals surface area contributed by atoms with Crippen LogP contribution in [0.2, 0.25) is 0 Å². The van der Waals surface area contributed by atoms with Crippen LogP contribution in [-0.2, 0) is 37.0 Å². The molecule has 0 bridgehead atoms. The Bertz CT molecular complexity index is 749. The van der Waals surface area contributed by atoms with Gasteiger partial charge in [-0.1, -0.05) is 76.9 Å². The largest absolute Gasteiger partial charge is 3.00 e. The number of rotatable bonds is 0. The SMILES string of the molecule is CC(C)(C)c1ccc2c(c1)[cH-]c1cc(C(C)(C)C)ccc12.[Cl-].[Cl-].[Zr+3]. The molecule has 3 aromatic carbocycles. The molecule has 24 heavy (non-hydrogen) atoms. The number of halogens is 2. The van der Waals surface area contributed by atoms with Gasteiger partial charge in [-0.05, 0) is 10.8 Å². The van der Waals surface area contributed by atoms with Crippen LogP contribution in [0.3, 0.4) is 0 Å². The van der Waals surface area contributed by atoms with Gasteiger partial charge in [-0.25, -0.2) is 0 Å². The molecule has 0 nitrogen and oxygen atoms in total. The van der Waals surface area contributed by atoms with Gasteiger partial charge in [0.15, 0.2) is 0 Å². The van der Waals surface area contributed by atoms with Gasteiger partial charge in [-0.2, -0.15) is 0 Å².